The third-order valence-electron chi connectivity index (χ3n) is 13.8. The number of ether oxygens (including phenoxy) is 4. The van der Waals surface area contributed by atoms with Crippen molar-refractivity contribution in [2.45, 2.75) is 81.8 Å². The summed E-state index contributed by atoms with van der Waals surface area (Å²) in [6.07, 6.45) is 11.2. The van der Waals surface area contributed by atoms with Crippen LogP contribution in [0.2, 0.25) is 0 Å². The third kappa shape index (κ3) is 11.1. The second-order valence-corrected chi connectivity index (χ2v) is 19.0. The molecule has 26 heteroatoms. The quantitative estimate of drug-likeness (QED) is 0.0957. The van der Waals surface area contributed by atoms with Crippen LogP contribution in [0.4, 0.5) is 42.7 Å². The number of nitrogens with one attached hydrogen (secondary N) is 4. The first kappa shape index (κ1) is 48.5. The molecule has 0 unspecified atom stereocenters. The summed E-state index contributed by atoms with van der Waals surface area (Å²) < 4.78 is 63.6. The molecule has 0 atom stereocenters. The van der Waals surface area contributed by atoms with Gasteiger partial charge in [0.15, 0.2) is 11.9 Å². The summed E-state index contributed by atoms with van der Waals surface area (Å²) in [4.78, 5) is 54.1. The average Bonchev–Trinajstić information content (AvgIpc) is 4.18. The fraction of sp³-hybridized carbons (Fsp3) is 0.420. The highest BCUT2D eigenvalue weighted by Crippen LogP contribution is 2.36. The lowest BCUT2D eigenvalue weighted by Gasteiger charge is -2.31. The standard InChI is InChI=1S/C50H50F3N19O4/c51-50(52,53)32-26-59-48(60-27-32)64-34-3-7-36(8-4-34)76-46-38-18-31(25-55-40(38)20-42(66-46)72-11-15-74-16-12-72)44-67-49(70-69-44)58-23-29-21-56-47(57-22-29)63-33-1-5-35(6-2-33)75-45-37-17-30(43-61-28-62-68-43)24-54-39(37)19-41(65-45)71-9-13-73-14-10-71/h17-22,24-28,33-36H,1-16H2,(H3,59,60,61,62,64,67,68,69,70)/p+1. The molecule has 76 heavy (non-hydrogen) atoms. The Bertz CT molecular complexity index is 3350. The number of morpholine rings is 2. The Labute approximate surface area is 431 Å². The van der Waals surface area contributed by atoms with E-state index in [4.69, 9.17) is 38.9 Å². The highest BCUT2D eigenvalue weighted by molar-refractivity contribution is 5.90. The van der Waals surface area contributed by atoms with Gasteiger partial charge in [-0.05, 0) is 68.5 Å². The van der Waals surface area contributed by atoms with Crippen LogP contribution >= 0.6 is 0 Å². The Morgan fingerprint density at radius 2 is 1.13 bits per heavy atom. The zero-order valence-electron chi connectivity index (χ0n) is 40.9. The fourth-order valence-electron chi connectivity index (χ4n) is 9.74. The first-order chi connectivity index (χ1) is 37.2. The van der Waals surface area contributed by atoms with E-state index in [1.165, 1.54) is 6.33 Å². The van der Waals surface area contributed by atoms with Crippen LogP contribution in [0.15, 0.2) is 67.8 Å². The predicted octanol–water partition coefficient (Wildman–Crippen LogP) is 7.03. The van der Waals surface area contributed by atoms with Gasteiger partial charge >= 0.3 is 12.1 Å². The molecule has 2 saturated carbocycles. The van der Waals surface area contributed by atoms with Crippen LogP contribution < -0.4 is 29.9 Å². The van der Waals surface area contributed by atoms with Crippen molar-refractivity contribution >= 4 is 51.3 Å². The van der Waals surface area contributed by atoms with Crippen molar-refractivity contribution < 1.29 is 32.1 Å². The monoisotopic (exact) mass is 1040 g/mol. The van der Waals surface area contributed by atoms with E-state index in [0.29, 0.717) is 117 Å². The molecule has 10 heterocycles. The number of pyridine rings is 4. The van der Waals surface area contributed by atoms with Crippen LogP contribution in [0.3, 0.4) is 0 Å². The van der Waals surface area contributed by atoms with E-state index in [0.717, 1.165) is 79.3 Å². The van der Waals surface area contributed by atoms with Gasteiger partial charge in [-0.3, -0.25) is 15.1 Å². The molecule has 2 saturated heterocycles. The van der Waals surface area contributed by atoms with Crippen molar-refractivity contribution in [2.24, 2.45) is 0 Å². The molecule has 2 aliphatic carbocycles. The minimum Gasteiger partial charge on any atom is -0.474 e. The van der Waals surface area contributed by atoms with Crippen molar-refractivity contribution in [1.29, 1.82) is 0 Å². The molecule has 0 radical (unpaired) electrons. The second-order valence-electron chi connectivity index (χ2n) is 19.0. The Morgan fingerprint density at radius 3 is 1.66 bits per heavy atom. The largest absolute Gasteiger partial charge is 0.515 e. The number of nitrogens with zero attached hydrogens (tertiary/aromatic N) is 15. The maximum atomic E-state index is 13.0. The Balaban J connectivity index is 0.675. The SMILES string of the molecule is FC(F)(F)c1cnc(NC2CCC(Oc3nc(N4CCOCC4)cc4ncc(-c5n[nH]c([N+]#Cc6cnc(NC7CCC(Oc8nc(N9CCOCC9)cc9ncc(-c%10ncn[nH]%10)cc89)CC7)nc6)n5)cc34)CC2)nc1. The maximum absolute atomic E-state index is 13.0. The number of H-pyrrole nitrogens is 2. The van der Waals surface area contributed by atoms with E-state index in [1.54, 1.807) is 24.8 Å². The summed E-state index contributed by atoms with van der Waals surface area (Å²) in [5.74, 6) is 4.41. The van der Waals surface area contributed by atoms with Gasteiger partial charge in [0.1, 0.15) is 35.7 Å². The molecule has 390 valence electrons. The molecule has 0 aromatic carbocycles. The molecule has 0 amide bonds. The van der Waals surface area contributed by atoms with Gasteiger partial charge in [0.25, 0.3) is 5.82 Å². The first-order valence-electron chi connectivity index (χ1n) is 25.3. The molecular formula is C50H51F3N19O4+. The maximum Gasteiger partial charge on any atom is 0.515 e. The van der Waals surface area contributed by atoms with Crippen LogP contribution in [-0.4, -0.2) is 147 Å². The molecule has 4 N–H and O–H groups in total. The third-order valence-corrected chi connectivity index (χ3v) is 13.8. The average molecular weight is 1040 g/mol. The molecule has 4 aliphatic rings. The predicted molar refractivity (Wildman–Crippen MR) is 272 cm³/mol. The highest BCUT2D eigenvalue weighted by atomic mass is 19.4. The van der Waals surface area contributed by atoms with Crippen LogP contribution in [0.1, 0.15) is 62.5 Å². The van der Waals surface area contributed by atoms with E-state index in [9.17, 15) is 13.2 Å². The van der Waals surface area contributed by atoms with Crippen molar-refractivity contribution in [1.82, 2.24) is 70.2 Å². The number of hydrogen-bond acceptors (Lipinski definition) is 20. The van der Waals surface area contributed by atoms with Crippen molar-refractivity contribution in [3.63, 3.8) is 0 Å². The van der Waals surface area contributed by atoms with Crippen molar-refractivity contribution in [2.75, 3.05) is 73.0 Å². The number of fused-ring (bicyclic) bond motifs is 2. The minimum atomic E-state index is -4.50. The summed E-state index contributed by atoms with van der Waals surface area (Å²) in [6, 6.07) is 10.9. The van der Waals surface area contributed by atoms with Crippen LogP contribution in [0.25, 0.3) is 49.4 Å². The molecule has 23 nitrogen and oxygen atoms in total. The first-order valence-corrected chi connectivity index (χ1v) is 25.3. The molecule has 8 aromatic heterocycles. The number of anilines is 4. The number of halogens is 3. The van der Waals surface area contributed by atoms with Crippen LogP contribution in [-0.2, 0) is 15.7 Å². The second kappa shape index (κ2) is 21.4. The van der Waals surface area contributed by atoms with E-state index in [2.05, 4.69) is 81.6 Å². The van der Waals surface area contributed by atoms with Crippen molar-refractivity contribution in [3.8, 4) is 40.6 Å². The summed E-state index contributed by atoms with van der Waals surface area (Å²) >= 11 is 0. The lowest BCUT2D eigenvalue weighted by atomic mass is 9.93. The zero-order chi connectivity index (χ0) is 51.4. The zero-order valence-corrected chi connectivity index (χ0v) is 40.9. The van der Waals surface area contributed by atoms with Crippen molar-refractivity contribution in [3.05, 3.63) is 83.7 Å². The molecule has 12 rings (SSSR count). The fourth-order valence-corrected chi connectivity index (χ4v) is 9.74. The van der Waals surface area contributed by atoms with Gasteiger partial charge in [-0.15, -0.1) is 5.10 Å². The number of aromatic amines is 2. The summed E-state index contributed by atoms with van der Waals surface area (Å²) in [6.45, 7) is 5.29. The van der Waals surface area contributed by atoms with Crippen LogP contribution in [0.5, 0.6) is 11.8 Å². The van der Waals surface area contributed by atoms with E-state index in [-0.39, 0.29) is 36.2 Å². The van der Waals surface area contributed by atoms with Crippen LogP contribution in [0, 0.1) is 6.07 Å². The van der Waals surface area contributed by atoms with E-state index < -0.39 is 11.7 Å². The summed E-state index contributed by atoms with van der Waals surface area (Å²) in [5, 5.41) is 22.4. The van der Waals surface area contributed by atoms with Gasteiger partial charge < -0.3 is 39.4 Å². The lowest BCUT2D eigenvalue weighted by molar-refractivity contribution is -0.138. The number of aromatic nitrogens is 14. The summed E-state index contributed by atoms with van der Waals surface area (Å²) in [7, 11) is 0. The van der Waals surface area contributed by atoms with Gasteiger partial charge in [-0.25, -0.2) is 24.9 Å². The molecule has 8 aromatic rings. The molecule has 0 bridgehead atoms. The van der Waals surface area contributed by atoms with Gasteiger partial charge in [-0.1, -0.05) is 5.10 Å². The van der Waals surface area contributed by atoms with Gasteiger partial charge in [0.2, 0.25) is 23.7 Å². The smallest absolute Gasteiger partial charge is 0.474 e. The normalized spacial score (nSPS) is 20.2. The van der Waals surface area contributed by atoms with E-state index in [1.807, 2.05) is 24.3 Å². The van der Waals surface area contributed by atoms with Gasteiger partial charge in [0, 0.05) is 80.7 Å². The Hall–Kier alpha value is -8.44. The molecule has 4 fully saturated rings. The van der Waals surface area contributed by atoms with E-state index >= 15 is 0 Å². The number of hydrogen-bond donors (Lipinski definition) is 4. The minimum absolute atomic E-state index is 0.0282. The van der Waals surface area contributed by atoms with Gasteiger partial charge in [-0.2, -0.15) is 33.1 Å². The molecular weight excluding hydrogens is 988 g/mol. The Morgan fingerprint density at radius 1 is 0.605 bits per heavy atom. The lowest BCUT2D eigenvalue weighted by Crippen LogP contribution is -2.37. The summed E-state index contributed by atoms with van der Waals surface area (Å²) in [5.41, 5.74) is 2.56. The number of alkyl halides is 3. The highest BCUT2D eigenvalue weighted by Gasteiger charge is 2.32. The Kier molecular flexibility index (Phi) is 13.7. The molecule has 0 spiro atoms. The molecule has 2 aliphatic heterocycles. The van der Waals surface area contributed by atoms with Gasteiger partial charge in [0.05, 0.1) is 71.8 Å². The number of rotatable bonds is 12. The topological polar surface area (TPSA) is 258 Å².